The fourth-order valence-corrected chi connectivity index (χ4v) is 2.47. The third-order valence-electron chi connectivity index (χ3n) is 3.67. The van der Waals surface area contributed by atoms with Crippen molar-refractivity contribution >= 4 is 22.7 Å². The lowest BCUT2D eigenvalue weighted by Gasteiger charge is -2.09. The number of H-pyrrole nitrogens is 1. The second-order valence-electron chi connectivity index (χ2n) is 5.49. The van der Waals surface area contributed by atoms with Crippen LogP contribution in [0, 0.1) is 5.82 Å². The Balaban J connectivity index is 1.63. The van der Waals surface area contributed by atoms with Gasteiger partial charge in [0.2, 0.25) is 5.56 Å². The molecule has 0 bridgehead atoms. The topological polar surface area (TPSA) is 104 Å². The zero-order chi connectivity index (χ0) is 18.5. The van der Waals surface area contributed by atoms with Gasteiger partial charge in [0, 0.05) is 36.9 Å². The molecule has 0 aliphatic carbocycles. The highest BCUT2D eigenvalue weighted by Gasteiger charge is 2.12. The van der Waals surface area contributed by atoms with E-state index in [2.05, 4.69) is 20.6 Å². The quantitative estimate of drug-likeness (QED) is 0.599. The summed E-state index contributed by atoms with van der Waals surface area (Å²) < 4.78 is 13.3. The molecular weight excluding hydrogens is 339 g/mol. The molecule has 0 unspecified atom stereocenters. The number of carbonyl (C=O) groups is 2. The molecule has 0 aliphatic heterocycles. The van der Waals surface area contributed by atoms with E-state index in [9.17, 15) is 18.8 Å². The van der Waals surface area contributed by atoms with Crippen molar-refractivity contribution in [1.82, 2.24) is 20.6 Å². The predicted octanol–water partition coefficient (Wildman–Crippen LogP) is 1.22. The van der Waals surface area contributed by atoms with Crippen LogP contribution in [-0.2, 0) is 0 Å². The molecule has 1 aromatic carbocycles. The number of aromatic nitrogens is 2. The first-order chi connectivity index (χ1) is 12.5. The largest absolute Gasteiger partial charge is 0.350 e. The van der Waals surface area contributed by atoms with E-state index < -0.39 is 17.3 Å². The van der Waals surface area contributed by atoms with E-state index in [-0.39, 0.29) is 30.1 Å². The molecule has 8 heteroatoms. The van der Waals surface area contributed by atoms with Crippen molar-refractivity contribution in [1.29, 1.82) is 0 Å². The summed E-state index contributed by atoms with van der Waals surface area (Å²) in [6.07, 6.45) is 3.00. The van der Waals surface area contributed by atoms with Gasteiger partial charge in [-0.3, -0.25) is 19.4 Å². The minimum absolute atomic E-state index is 0.141. The number of rotatable bonds is 5. The molecule has 2 amide bonds. The van der Waals surface area contributed by atoms with Crippen LogP contribution in [0.25, 0.3) is 10.9 Å². The standard InChI is InChI=1S/C18H15FN4O3/c19-12-3-4-13-14(9-16(24)23-15(13)8-12)18(26)22-7-6-21-17(25)11-2-1-5-20-10-11/h1-5,8-10H,6-7H2,(H,21,25)(H,22,26)(H,23,24). The van der Waals surface area contributed by atoms with Gasteiger partial charge in [-0.25, -0.2) is 4.39 Å². The van der Waals surface area contributed by atoms with E-state index in [1.165, 1.54) is 18.3 Å². The SMILES string of the molecule is O=C(NCCNC(=O)c1cc(=O)[nH]c2cc(F)ccc12)c1cccnc1. The number of fused-ring (bicyclic) bond motifs is 1. The number of nitrogens with zero attached hydrogens (tertiary/aromatic N) is 1. The van der Waals surface area contributed by atoms with Crippen molar-refractivity contribution in [2.45, 2.75) is 0 Å². The van der Waals surface area contributed by atoms with Crippen molar-refractivity contribution in [2.75, 3.05) is 13.1 Å². The van der Waals surface area contributed by atoms with Crippen molar-refractivity contribution in [3.05, 3.63) is 76.1 Å². The molecule has 0 saturated heterocycles. The summed E-state index contributed by atoms with van der Waals surface area (Å²) in [4.78, 5) is 42.2. The summed E-state index contributed by atoms with van der Waals surface area (Å²) in [5, 5.41) is 5.71. The molecule has 2 aromatic heterocycles. The number of benzene rings is 1. The Morgan fingerprint density at radius 1 is 1.08 bits per heavy atom. The van der Waals surface area contributed by atoms with E-state index >= 15 is 0 Å². The summed E-state index contributed by atoms with van der Waals surface area (Å²) in [5.74, 6) is -1.29. The van der Waals surface area contributed by atoms with E-state index in [0.29, 0.717) is 10.9 Å². The fourth-order valence-electron chi connectivity index (χ4n) is 2.47. The summed E-state index contributed by atoms with van der Waals surface area (Å²) in [7, 11) is 0. The van der Waals surface area contributed by atoms with Crippen LogP contribution in [0.4, 0.5) is 4.39 Å². The normalized spacial score (nSPS) is 10.5. The van der Waals surface area contributed by atoms with Crippen LogP contribution < -0.4 is 16.2 Å². The average Bonchev–Trinajstić information content (AvgIpc) is 2.64. The van der Waals surface area contributed by atoms with Crippen molar-refractivity contribution < 1.29 is 14.0 Å². The van der Waals surface area contributed by atoms with Gasteiger partial charge in [0.25, 0.3) is 11.8 Å². The average molecular weight is 354 g/mol. The van der Waals surface area contributed by atoms with Gasteiger partial charge in [-0.15, -0.1) is 0 Å². The Bertz CT molecular complexity index is 1020. The van der Waals surface area contributed by atoms with E-state index in [0.717, 1.165) is 12.1 Å². The Hall–Kier alpha value is -3.55. The lowest BCUT2D eigenvalue weighted by Crippen LogP contribution is -2.35. The minimum Gasteiger partial charge on any atom is -0.350 e. The zero-order valence-electron chi connectivity index (χ0n) is 13.6. The van der Waals surface area contributed by atoms with Crippen LogP contribution in [0.1, 0.15) is 20.7 Å². The predicted molar refractivity (Wildman–Crippen MR) is 93.4 cm³/mol. The van der Waals surface area contributed by atoms with Gasteiger partial charge in [0.1, 0.15) is 5.82 Å². The number of carbonyl (C=O) groups excluding carboxylic acids is 2. The Morgan fingerprint density at radius 3 is 2.58 bits per heavy atom. The smallest absolute Gasteiger partial charge is 0.252 e. The number of amides is 2. The molecule has 3 rings (SSSR count). The van der Waals surface area contributed by atoms with Crippen LogP contribution in [-0.4, -0.2) is 34.9 Å². The number of aromatic amines is 1. The summed E-state index contributed by atoms with van der Waals surface area (Å²) in [6, 6.07) is 8.23. The number of pyridine rings is 2. The highest BCUT2D eigenvalue weighted by molar-refractivity contribution is 6.06. The third-order valence-corrected chi connectivity index (χ3v) is 3.67. The summed E-state index contributed by atoms with van der Waals surface area (Å²) in [5.41, 5.74) is 0.300. The first-order valence-electron chi connectivity index (χ1n) is 7.83. The van der Waals surface area contributed by atoms with E-state index in [4.69, 9.17) is 0 Å². The zero-order valence-corrected chi connectivity index (χ0v) is 13.6. The second-order valence-corrected chi connectivity index (χ2v) is 5.49. The maximum Gasteiger partial charge on any atom is 0.252 e. The molecule has 132 valence electrons. The molecule has 7 nitrogen and oxygen atoms in total. The monoisotopic (exact) mass is 354 g/mol. The van der Waals surface area contributed by atoms with Gasteiger partial charge in [-0.05, 0) is 30.3 Å². The van der Waals surface area contributed by atoms with Gasteiger partial charge < -0.3 is 15.6 Å². The molecule has 0 saturated carbocycles. The fraction of sp³-hybridized carbons (Fsp3) is 0.111. The van der Waals surface area contributed by atoms with E-state index in [1.807, 2.05) is 0 Å². The maximum atomic E-state index is 13.3. The van der Waals surface area contributed by atoms with Crippen LogP contribution in [0.5, 0.6) is 0 Å². The number of hydrogen-bond acceptors (Lipinski definition) is 4. The van der Waals surface area contributed by atoms with Crippen molar-refractivity contribution in [3.8, 4) is 0 Å². The van der Waals surface area contributed by atoms with E-state index in [1.54, 1.807) is 18.3 Å². The minimum atomic E-state index is -0.510. The molecule has 0 radical (unpaired) electrons. The molecule has 0 aliphatic rings. The number of halogens is 1. The van der Waals surface area contributed by atoms with Crippen LogP contribution in [0.3, 0.4) is 0 Å². The Kier molecular flexibility index (Phi) is 5.02. The third kappa shape index (κ3) is 3.92. The number of nitrogens with one attached hydrogen (secondary N) is 3. The highest BCUT2D eigenvalue weighted by Crippen LogP contribution is 2.16. The van der Waals surface area contributed by atoms with Gasteiger partial charge >= 0.3 is 0 Å². The first kappa shape index (κ1) is 17.3. The van der Waals surface area contributed by atoms with Crippen LogP contribution >= 0.6 is 0 Å². The first-order valence-corrected chi connectivity index (χ1v) is 7.83. The molecule has 3 N–H and O–H groups in total. The van der Waals surface area contributed by atoms with Crippen LogP contribution in [0.15, 0.2) is 53.6 Å². The lowest BCUT2D eigenvalue weighted by molar-refractivity contribution is 0.0928. The molecular formula is C18H15FN4O3. The Labute approximate surface area is 147 Å². The van der Waals surface area contributed by atoms with Gasteiger partial charge in [-0.1, -0.05) is 0 Å². The second kappa shape index (κ2) is 7.56. The highest BCUT2D eigenvalue weighted by atomic mass is 19.1. The maximum absolute atomic E-state index is 13.3. The number of hydrogen-bond donors (Lipinski definition) is 3. The molecule has 0 spiro atoms. The van der Waals surface area contributed by atoms with Gasteiger partial charge in [0.15, 0.2) is 0 Å². The Morgan fingerprint density at radius 2 is 1.85 bits per heavy atom. The molecule has 0 fully saturated rings. The summed E-state index contributed by atoms with van der Waals surface area (Å²) in [6.45, 7) is 0.371. The van der Waals surface area contributed by atoms with Gasteiger partial charge in [-0.2, -0.15) is 0 Å². The van der Waals surface area contributed by atoms with Crippen molar-refractivity contribution in [2.24, 2.45) is 0 Å². The lowest BCUT2D eigenvalue weighted by atomic mass is 10.1. The molecule has 0 atom stereocenters. The molecule has 3 aromatic rings. The molecule has 26 heavy (non-hydrogen) atoms. The van der Waals surface area contributed by atoms with Crippen molar-refractivity contribution in [3.63, 3.8) is 0 Å². The van der Waals surface area contributed by atoms with Crippen LogP contribution in [0.2, 0.25) is 0 Å². The summed E-state index contributed by atoms with van der Waals surface area (Å²) >= 11 is 0. The molecule has 2 heterocycles. The van der Waals surface area contributed by atoms with Gasteiger partial charge in [0.05, 0.1) is 16.6 Å².